The molecule has 0 aliphatic carbocycles. The lowest BCUT2D eigenvalue weighted by Gasteiger charge is -2.15. The summed E-state index contributed by atoms with van der Waals surface area (Å²) in [4.78, 5) is 13.7. The fourth-order valence-electron chi connectivity index (χ4n) is 1.60. The molecule has 2 heterocycles. The Bertz CT molecular complexity index is 574. The zero-order chi connectivity index (χ0) is 13.3. The van der Waals surface area contributed by atoms with Crippen LogP contribution in [0.4, 0.5) is 0 Å². The van der Waals surface area contributed by atoms with Gasteiger partial charge in [-0.25, -0.2) is 0 Å². The molecule has 0 aromatic carbocycles. The van der Waals surface area contributed by atoms with Crippen molar-refractivity contribution >= 4 is 17.5 Å². The number of hydrogen-bond donors (Lipinski definition) is 2. The van der Waals surface area contributed by atoms with Crippen molar-refractivity contribution in [2.24, 2.45) is 0 Å². The topological polar surface area (TPSA) is 77.7 Å². The van der Waals surface area contributed by atoms with Crippen molar-refractivity contribution in [3.8, 4) is 0 Å². The van der Waals surface area contributed by atoms with E-state index in [2.05, 4.69) is 20.4 Å². The molecule has 0 aliphatic rings. The second-order valence-electron chi connectivity index (χ2n) is 4.19. The van der Waals surface area contributed by atoms with E-state index in [1.807, 2.05) is 6.92 Å². The molecule has 0 unspecified atom stereocenters. The highest BCUT2D eigenvalue weighted by Crippen LogP contribution is 2.19. The van der Waals surface area contributed by atoms with E-state index >= 15 is 0 Å². The number of aromatic nitrogens is 4. The molecule has 0 bridgehead atoms. The third kappa shape index (κ3) is 2.24. The maximum absolute atomic E-state index is 12.1. The van der Waals surface area contributed by atoms with Gasteiger partial charge in [-0.2, -0.15) is 10.2 Å². The summed E-state index contributed by atoms with van der Waals surface area (Å²) in [7, 11) is 1.70. The SMILES string of the molecule is Cc1[nH]ncc1CN(C)C(=O)c1n[nH]c(C)c1Cl. The van der Waals surface area contributed by atoms with Crippen molar-refractivity contribution in [1.29, 1.82) is 0 Å². The molecule has 1 amide bonds. The molecule has 7 heteroatoms. The van der Waals surface area contributed by atoms with E-state index in [4.69, 9.17) is 11.6 Å². The first-order valence-electron chi connectivity index (χ1n) is 5.45. The fourth-order valence-corrected chi connectivity index (χ4v) is 1.77. The van der Waals surface area contributed by atoms with Crippen LogP contribution in [0.5, 0.6) is 0 Å². The van der Waals surface area contributed by atoms with Crippen LogP contribution in [-0.4, -0.2) is 38.2 Å². The van der Waals surface area contributed by atoms with Gasteiger partial charge in [0.15, 0.2) is 5.69 Å². The van der Waals surface area contributed by atoms with Crippen LogP contribution in [0.1, 0.15) is 27.4 Å². The van der Waals surface area contributed by atoms with Crippen molar-refractivity contribution in [3.05, 3.63) is 33.9 Å². The van der Waals surface area contributed by atoms with Crippen LogP contribution in [0, 0.1) is 13.8 Å². The van der Waals surface area contributed by atoms with Gasteiger partial charge in [0.05, 0.1) is 16.9 Å². The number of aryl methyl sites for hydroxylation is 2. The highest BCUT2D eigenvalue weighted by Gasteiger charge is 2.20. The smallest absolute Gasteiger partial charge is 0.275 e. The van der Waals surface area contributed by atoms with Crippen molar-refractivity contribution in [2.45, 2.75) is 20.4 Å². The summed E-state index contributed by atoms with van der Waals surface area (Å²) in [5.74, 6) is -0.218. The second-order valence-corrected chi connectivity index (χ2v) is 4.57. The van der Waals surface area contributed by atoms with Gasteiger partial charge >= 0.3 is 0 Å². The van der Waals surface area contributed by atoms with Gasteiger partial charge in [0, 0.05) is 24.8 Å². The summed E-state index contributed by atoms with van der Waals surface area (Å²) < 4.78 is 0. The Labute approximate surface area is 109 Å². The largest absolute Gasteiger partial charge is 0.336 e. The van der Waals surface area contributed by atoms with Gasteiger partial charge < -0.3 is 4.90 Å². The summed E-state index contributed by atoms with van der Waals surface area (Å²) in [6.07, 6.45) is 1.70. The number of rotatable bonds is 3. The van der Waals surface area contributed by atoms with E-state index in [9.17, 15) is 4.79 Å². The quantitative estimate of drug-likeness (QED) is 0.888. The van der Waals surface area contributed by atoms with E-state index in [1.165, 1.54) is 0 Å². The van der Waals surface area contributed by atoms with Gasteiger partial charge in [-0.15, -0.1) is 0 Å². The Balaban J connectivity index is 2.15. The van der Waals surface area contributed by atoms with Gasteiger partial charge in [0.1, 0.15) is 0 Å². The van der Waals surface area contributed by atoms with Crippen LogP contribution in [0.3, 0.4) is 0 Å². The Morgan fingerprint density at radius 2 is 2.11 bits per heavy atom. The minimum Gasteiger partial charge on any atom is -0.336 e. The number of carbonyl (C=O) groups is 1. The molecule has 2 N–H and O–H groups in total. The molecule has 0 radical (unpaired) electrons. The highest BCUT2D eigenvalue weighted by molar-refractivity contribution is 6.34. The first-order chi connectivity index (χ1) is 8.50. The number of nitrogens with one attached hydrogen (secondary N) is 2. The van der Waals surface area contributed by atoms with Crippen LogP contribution in [-0.2, 0) is 6.54 Å². The van der Waals surface area contributed by atoms with Crippen molar-refractivity contribution in [1.82, 2.24) is 25.3 Å². The molecule has 0 saturated carbocycles. The molecule has 18 heavy (non-hydrogen) atoms. The Kier molecular flexibility index (Phi) is 3.38. The summed E-state index contributed by atoms with van der Waals surface area (Å²) >= 11 is 6.00. The molecule has 0 spiro atoms. The monoisotopic (exact) mass is 267 g/mol. The molecular weight excluding hydrogens is 254 g/mol. The zero-order valence-electron chi connectivity index (χ0n) is 10.4. The molecule has 96 valence electrons. The van der Waals surface area contributed by atoms with Gasteiger partial charge in [-0.05, 0) is 13.8 Å². The van der Waals surface area contributed by atoms with Crippen molar-refractivity contribution in [2.75, 3.05) is 7.05 Å². The number of carbonyl (C=O) groups excluding carboxylic acids is 1. The third-order valence-corrected chi connectivity index (χ3v) is 3.23. The predicted molar refractivity (Wildman–Crippen MR) is 67.5 cm³/mol. The Morgan fingerprint density at radius 3 is 2.61 bits per heavy atom. The molecule has 0 fully saturated rings. The number of amides is 1. The molecule has 2 rings (SSSR count). The molecule has 6 nitrogen and oxygen atoms in total. The molecule has 0 atom stereocenters. The number of halogens is 1. The van der Waals surface area contributed by atoms with Gasteiger partial charge in [0.2, 0.25) is 0 Å². The lowest BCUT2D eigenvalue weighted by molar-refractivity contribution is 0.0779. The lowest BCUT2D eigenvalue weighted by atomic mass is 10.2. The second kappa shape index (κ2) is 4.81. The maximum atomic E-state index is 12.1. The standard InChI is InChI=1S/C11H14ClN5O/c1-6-8(4-13-14-6)5-17(3)11(18)10-9(12)7(2)15-16-10/h4H,5H2,1-3H3,(H,13,14)(H,15,16). The fraction of sp³-hybridized carbons (Fsp3) is 0.364. The minimum atomic E-state index is -0.218. The van der Waals surface area contributed by atoms with E-state index in [0.717, 1.165) is 11.3 Å². The van der Waals surface area contributed by atoms with Crippen LogP contribution >= 0.6 is 11.6 Å². The zero-order valence-corrected chi connectivity index (χ0v) is 11.2. The highest BCUT2D eigenvalue weighted by atomic mass is 35.5. The molecule has 0 saturated heterocycles. The van der Waals surface area contributed by atoms with Gasteiger partial charge in [-0.3, -0.25) is 15.0 Å². The molecule has 2 aromatic heterocycles. The number of nitrogens with zero attached hydrogens (tertiary/aromatic N) is 3. The van der Waals surface area contributed by atoms with E-state index in [-0.39, 0.29) is 11.6 Å². The van der Waals surface area contributed by atoms with Crippen LogP contribution < -0.4 is 0 Å². The Morgan fingerprint density at radius 1 is 1.39 bits per heavy atom. The first-order valence-corrected chi connectivity index (χ1v) is 5.83. The van der Waals surface area contributed by atoms with E-state index in [1.54, 1.807) is 25.1 Å². The number of H-pyrrole nitrogens is 2. The summed E-state index contributed by atoms with van der Waals surface area (Å²) in [6, 6.07) is 0. The summed E-state index contributed by atoms with van der Waals surface area (Å²) in [5, 5.41) is 13.7. The lowest BCUT2D eigenvalue weighted by Crippen LogP contribution is -2.27. The maximum Gasteiger partial charge on any atom is 0.275 e. The first kappa shape index (κ1) is 12.6. The van der Waals surface area contributed by atoms with E-state index < -0.39 is 0 Å². The van der Waals surface area contributed by atoms with Crippen LogP contribution in [0.2, 0.25) is 5.02 Å². The van der Waals surface area contributed by atoms with Crippen LogP contribution in [0.25, 0.3) is 0 Å². The number of aromatic amines is 2. The molecular formula is C11H14ClN5O. The molecule has 0 aliphatic heterocycles. The predicted octanol–water partition coefficient (Wildman–Crippen LogP) is 1.68. The van der Waals surface area contributed by atoms with E-state index in [0.29, 0.717) is 17.3 Å². The third-order valence-electron chi connectivity index (χ3n) is 2.76. The Hall–Kier alpha value is -1.82. The van der Waals surface area contributed by atoms with Crippen molar-refractivity contribution in [3.63, 3.8) is 0 Å². The van der Waals surface area contributed by atoms with Gasteiger partial charge in [-0.1, -0.05) is 11.6 Å². The van der Waals surface area contributed by atoms with Gasteiger partial charge in [0.25, 0.3) is 5.91 Å². The van der Waals surface area contributed by atoms with Crippen LogP contribution in [0.15, 0.2) is 6.20 Å². The minimum absolute atomic E-state index is 0.218. The average molecular weight is 268 g/mol. The summed E-state index contributed by atoms with van der Waals surface area (Å²) in [6.45, 7) is 4.14. The summed E-state index contributed by atoms with van der Waals surface area (Å²) in [5.41, 5.74) is 2.85. The molecule has 2 aromatic rings. The normalized spacial score (nSPS) is 10.7. The van der Waals surface area contributed by atoms with Crippen molar-refractivity contribution < 1.29 is 4.79 Å². The average Bonchev–Trinajstić information content (AvgIpc) is 2.87. The number of hydrogen-bond acceptors (Lipinski definition) is 3.